The van der Waals surface area contributed by atoms with Crippen molar-refractivity contribution >= 4 is 46.3 Å². The van der Waals surface area contributed by atoms with Gasteiger partial charge in [0.15, 0.2) is 5.75 Å². The normalized spacial score (nSPS) is 17.6. The minimum atomic E-state index is -0.988. The molecule has 1 fully saturated rings. The number of rotatable bonds is 4. The SMILES string of the molecule is COc1c(Cl)cc(/C(O)=C2\C(=O)C(=O)N(c3ccccc3)C2c2ccc(F)cc2)cc1Cl. The van der Waals surface area contributed by atoms with Crippen LogP contribution < -0.4 is 9.64 Å². The standard InChI is InChI=1S/C24H16Cl2FNO4/c1-32-23-17(25)11-14(12-18(23)26)21(29)19-20(13-7-9-15(27)10-8-13)28(24(31)22(19)30)16-5-3-2-4-6-16/h2-12,20,29H,1H3/b21-19+. The Morgan fingerprint density at radius 1 is 1.00 bits per heavy atom. The first kappa shape index (κ1) is 21.9. The highest BCUT2D eigenvalue weighted by molar-refractivity contribution is 6.51. The van der Waals surface area contributed by atoms with Crippen LogP contribution in [0.15, 0.2) is 72.3 Å². The number of ether oxygens (including phenoxy) is 1. The smallest absolute Gasteiger partial charge is 0.300 e. The molecule has 0 spiro atoms. The molecule has 0 bridgehead atoms. The Kier molecular flexibility index (Phi) is 5.91. The van der Waals surface area contributed by atoms with Crippen LogP contribution in [0, 0.1) is 5.82 Å². The van der Waals surface area contributed by atoms with E-state index in [-0.39, 0.29) is 26.9 Å². The van der Waals surface area contributed by atoms with E-state index in [0.717, 1.165) is 0 Å². The molecule has 0 aliphatic carbocycles. The lowest BCUT2D eigenvalue weighted by atomic mass is 9.95. The fraction of sp³-hybridized carbons (Fsp3) is 0.0833. The molecule has 0 aromatic heterocycles. The first-order chi connectivity index (χ1) is 15.3. The van der Waals surface area contributed by atoms with E-state index in [9.17, 15) is 19.1 Å². The van der Waals surface area contributed by atoms with E-state index < -0.39 is 29.3 Å². The maximum absolute atomic E-state index is 13.6. The van der Waals surface area contributed by atoms with Crippen molar-refractivity contribution in [2.75, 3.05) is 12.0 Å². The van der Waals surface area contributed by atoms with Gasteiger partial charge in [-0.1, -0.05) is 53.5 Å². The number of halogens is 3. The molecule has 1 N–H and O–H groups in total. The highest BCUT2D eigenvalue weighted by Gasteiger charge is 2.47. The van der Waals surface area contributed by atoms with Crippen LogP contribution in [0.4, 0.5) is 10.1 Å². The minimum absolute atomic E-state index is 0.122. The number of Topliss-reactive ketones (excluding diaryl/α,β-unsaturated/α-hetero) is 1. The van der Waals surface area contributed by atoms with Crippen molar-refractivity contribution in [3.63, 3.8) is 0 Å². The molecular weight excluding hydrogens is 456 g/mol. The number of para-hydroxylation sites is 1. The fourth-order valence-corrected chi connectivity index (χ4v) is 4.34. The lowest BCUT2D eigenvalue weighted by Crippen LogP contribution is -2.29. The Morgan fingerprint density at radius 3 is 2.16 bits per heavy atom. The molecule has 5 nitrogen and oxygen atoms in total. The monoisotopic (exact) mass is 471 g/mol. The van der Waals surface area contributed by atoms with Crippen molar-refractivity contribution in [3.05, 3.63) is 99.3 Å². The molecule has 4 rings (SSSR count). The third-order valence-electron chi connectivity index (χ3n) is 5.14. The molecule has 32 heavy (non-hydrogen) atoms. The van der Waals surface area contributed by atoms with Gasteiger partial charge in [0.2, 0.25) is 0 Å². The van der Waals surface area contributed by atoms with Gasteiger partial charge in [-0.3, -0.25) is 14.5 Å². The van der Waals surface area contributed by atoms with Gasteiger partial charge >= 0.3 is 0 Å². The van der Waals surface area contributed by atoms with E-state index in [1.54, 1.807) is 30.3 Å². The second kappa shape index (κ2) is 8.65. The van der Waals surface area contributed by atoms with E-state index in [4.69, 9.17) is 27.9 Å². The van der Waals surface area contributed by atoms with Crippen LogP contribution in [-0.2, 0) is 9.59 Å². The highest BCUT2D eigenvalue weighted by atomic mass is 35.5. The number of carbonyl (C=O) groups is 2. The summed E-state index contributed by atoms with van der Waals surface area (Å²) in [6, 6.07) is 15.7. The van der Waals surface area contributed by atoms with E-state index in [2.05, 4.69) is 0 Å². The van der Waals surface area contributed by atoms with Crippen molar-refractivity contribution in [1.29, 1.82) is 0 Å². The first-order valence-corrected chi connectivity index (χ1v) is 10.2. The zero-order valence-electron chi connectivity index (χ0n) is 16.7. The molecule has 3 aromatic carbocycles. The predicted octanol–water partition coefficient (Wildman–Crippen LogP) is 5.77. The van der Waals surface area contributed by atoms with Gasteiger partial charge in [0.1, 0.15) is 11.6 Å². The Labute approximate surface area is 193 Å². The third kappa shape index (κ3) is 3.72. The summed E-state index contributed by atoms with van der Waals surface area (Å²) in [7, 11) is 1.40. The molecule has 0 saturated carbocycles. The maximum Gasteiger partial charge on any atom is 0.300 e. The van der Waals surface area contributed by atoms with Crippen LogP contribution in [-0.4, -0.2) is 23.9 Å². The van der Waals surface area contributed by atoms with Gasteiger partial charge in [-0.2, -0.15) is 0 Å². The molecule has 162 valence electrons. The lowest BCUT2D eigenvalue weighted by Gasteiger charge is -2.25. The van der Waals surface area contributed by atoms with E-state index in [0.29, 0.717) is 11.3 Å². The average molecular weight is 472 g/mol. The summed E-state index contributed by atoms with van der Waals surface area (Å²) >= 11 is 12.4. The number of benzene rings is 3. The van der Waals surface area contributed by atoms with Crippen molar-refractivity contribution in [3.8, 4) is 5.75 Å². The molecule has 1 unspecified atom stereocenters. The molecule has 1 heterocycles. The second-order valence-corrected chi connectivity index (χ2v) is 7.84. The predicted molar refractivity (Wildman–Crippen MR) is 121 cm³/mol. The van der Waals surface area contributed by atoms with Crippen LogP contribution in [0.3, 0.4) is 0 Å². The molecule has 3 aromatic rings. The Balaban J connectivity index is 1.95. The Morgan fingerprint density at radius 2 is 1.59 bits per heavy atom. The molecular formula is C24H16Cl2FNO4. The number of hydrogen-bond donors (Lipinski definition) is 1. The minimum Gasteiger partial charge on any atom is -0.507 e. The largest absolute Gasteiger partial charge is 0.507 e. The highest BCUT2D eigenvalue weighted by Crippen LogP contribution is 2.43. The molecule has 1 atom stereocenters. The van der Waals surface area contributed by atoms with Gasteiger partial charge in [-0.05, 0) is 42.0 Å². The lowest BCUT2D eigenvalue weighted by molar-refractivity contribution is -0.132. The van der Waals surface area contributed by atoms with Gasteiger partial charge < -0.3 is 9.84 Å². The van der Waals surface area contributed by atoms with E-state index >= 15 is 0 Å². The first-order valence-electron chi connectivity index (χ1n) is 9.48. The number of carbonyl (C=O) groups excluding carboxylic acids is 2. The van der Waals surface area contributed by atoms with Crippen LogP contribution in [0.2, 0.25) is 10.0 Å². The van der Waals surface area contributed by atoms with Crippen molar-refractivity contribution in [2.45, 2.75) is 6.04 Å². The molecule has 0 radical (unpaired) electrons. The number of methoxy groups -OCH3 is 1. The number of anilines is 1. The van der Waals surface area contributed by atoms with Crippen molar-refractivity contribution < 1.29 is 23.8 Å². The van der Waals surface area contributed by atoms with Crippen LogP contribution in [0.25, 0.3) is 5.76 Å². The van der Waals surface area contributed by atoms with Crippen LogP contribution in [0.5, 0.6) is 5.75 Å². The summed E-state index contributed by atoms with van der Waals surface area (Å²) in [4.78, 5) is 27.4. The molecule has 1 saturated heterocycles. The van der Waals surface area contributed by atoms with E-state index in [1.807, 2.05) is 0 Å². The summed E-state index contributed by atoms with van der Waals surface area (Å²) in [6.45, 7) is 0. The van der Waals surface area contributed by atoms with Crippen molar-refractivity contribution in [2.24, 2.45) is 0 Å². The molecule has 1 aliphatic rings. The Hall–Kier alpha value is -3.35. The van der Waals surface area contributed by atoms with Gasteiger partial charge in [-0.25, -0.2) is 4.39 Å². The average Bonchev–Trinajstić information content (AvgIpc) is 3.04. The quantitative estimate of drug-likeness (QED) is 0.298. The van der Waals surface area contributed by atoms with E-state index in [1.165, 1.54) is 48.4 Å². The molecule has 8 heteroatoms. The van der Waals surface area contributed by atoms with Crippen LogP contribution >= 0.6 is 23.2 Å². The summed E-state index contributed by atoms with van der Waals surface area (Å²) < 4.78 is 18.7. The maximum atomic E-state index is 13.6. The topological polar surface area (TPSA) is 66.8 Å². The zero-order valence-corrected chi connectivity index (χ0v) is 18.2. The fourth-order valence-electron chi connectivity index (χ4n) is 3.70. The number of aliphatic hydroxyl groups is 1. The number of ketones is 1. The van der Waals surface area contributed by atoms with Gasteiger partial charge in [0.05, 0.1) is 28.8 Å². The summed E-state index contributed by atoms with van der Waals surface area (Å²) in [5, 5.41) is 11.4. The summed E-state index contributed by atoms with van der Waals surface area (Å²) in [5.41, 5.74) is 0.872. The van der Waals surface area contributed by atoms with Crippen molar-refractivity contribution in [1.82, 2.24) is 0 Å². The van der Waals surface area contributed by atoms with Gasteiger partial charge in [0.25, 0.3) is 11.7 Å². The summed E-state index contributed by atoms with van der Waals surface area (Å²) in [5.74, 6) is -2.42. The number of hydrogen-bond acceptors (Lipinski definition) is 4. The van der Waals surface area contributed by atoms with Gasteiger partial charge in [0, 0.05) is 11.3 Å². The van der Waals surface area contributed by atoms with Gasteiger partial charge in [-0.15, -0.1) is 0 Å². The Bertz CT molecular complexity index is 1220. The van der Waals surface area contributed by atoms with Crippen LogP contribution in [0.1, 0.15) is 17.2 Å². The molecule has 1 aliphatic heterocycles. The second-order valence-electron chi connectivity index (χ2n) is 7.03. The number of amides is 1. The number of aliphatic hydroxyl groups excluding tert-OH is 1. The third-order valence-corrected chi connectivity index (χ3v) is 5.70. The number of nitrogens with zero attached hydrogens (tertiary/aromatic N) is 1. The zero-order chi connectivity index (χ0) is 23.0. The summed E-state index contributed by atoms with van der Waals surface area (Å²) in [6.07, 6.45) is 0. The molecule has 1 amide bonds.